The van der Waals surface area contributed by atoms with Crippen LogP contribution in [-0.2, 0) is 20.8 Å². The molecule has 1 fully saturated rings. The van der Waals surface area contributed by atoms with Gasteiger partial charge in [0.1, 0.15) is 12.2 Å². The van der Waals surface area contributed by atoms with Gasteiger partial charge in [0.25, 0.3) is 0 Å². The summed E-state index contributed by atoms with van der Waals surface area (Å²) in [6, 6.07) is 9.56. The van der Waals surface area contributed by atoms with Crippen molar-refractivity contribution in [2.45, 2.75) is 18.6 Å². The number of hydrogen-bond donors (Lipinski definition) is 1. The predicted octanol–water partition coefficient (Wildman–Crippen LogP) is 1.72. The molecular weight excluding hydrogens is 246 g/mol. The lowest BCUT2D eigenvalue weighted by Gasteiger charge is -2.25. The van der Waals surface area contributed by atoms with Gasteiger partial charge in [-0.05, 0) is 5.56 Å². The van der Waals surface area contributed by atoms with Crippen molar-refractivity contribution < 1.29 is 19.0 Å². The van der Waals surface area contributed by atoms with Gasteiger partial charge in [-0.2, -0.15) is 0 Å². The third-order valence-electron chi connectivity index (χ3n) is 3.27. The predicted molar refractivity (Wildman–Crippen MR) is 69.8 cm³/mol. The van der Waals surface area contributed by atoms with Crippen LogP contribution in [0.4, 0.5) is 4.79 Å². The molecule has 1 aromatic rings. The first-order chi connectivity index (χ1) is 9.24. The van der Waals surface area contributed by atoms with Gasteiger partial charge in [0.15, 0.2) is 0 Å². The smallest absolute Gasteiger partial charge is 0.407 e. The monoisotopic (exact) mass is 265 g/mol. The van der Waals surface area contributed by atoms with Crippen LogP contribution in [0, 0.1) is 0 Å². The van der Waals surface area contributed by atoms with E-state index >= 15 is 0 Å². The summed E-state index contributed by atoms with van der Waals surface area (Å²) in [7, 11) is 1.63. The molecule has 1 saturated heterocycles. The summed E-state index contributed by atoms with van der Waals surface area (Å²) in [6.45, 7) is 1.83. The molecule has 0 aromatic heterocycles. The fraction of sp³-hybridized carbons (Fsp3) is 0.500. The van der Waals surface area contributed by atoms with Crippen LogP contribution in [0.5, 0.6) is 0 Å². The Balaban J connectivity index is 1.72. The molecule has 0 radical (unpaired) electrons. The summed E-state index contributed by atoms with van der Waals surface area (Å²) in [5.74, 6) is 0. The van der Waals surface area contributed by atoms with Gasteiger partial charge in [0.2, 0.25) is 0 Å². The van der Waals surface area contributed by atoms with Crippen LogP contribution >= 0.6 is 0 Å². The van der Waals surface area contributed by atoms with Gasteiger partial charge in [-0.15, -0.1) is 0 Å². The standard InChI is InChI=1S/C14H19NO4/c1-17-14(7-8-18-11-14)10-15-13(16)19-9-12-5-3-2-4-6-12/h2-6H,7-11H2,1H3,(H,15,16). The average molecular weight is 265 g/mol. The first-order valence-corrected chi connectivity index (χ1v) is 6.32. The van der Waals surface area contributed by atoms with E-state index in [1.165, 1.54) is 0 Å². The Bertz CT molecular complexity index is 401. The summed E-state index contributed by atoms with van der Waals surface area (Å²) in [6.07, 6.45) is 0.342. The van der Waals surface area contributed by atoms with Crippen LogP contribution in [0.2, 0.25) is 0 Å². The SMILES string of the molecule is COC1(CNC(=O)OCc2ccccc2)CCOC1. The lowest BCUT2D eigenvalue weighted by molar-refractivity contribution is -0.0158. The van der Waals surface area contributed by atoms with Gasteiger partial charge in [-0.1, -0.05) is 30.3 Å². The largest absolute Gasteiger partial charge is 0.445 e. The molecule has 1 aromatic carbocycles. The number of hydrogen-bond acceptors (Lipinski definition) is 4. The molecule has 1 amide bonds. The Kier molecular flexibility index (Phi) is 4.76. The van der Waals surface area contributed by atoms with Crippen LogP contribution in [0.1, 0.15) is 12.0 Å². The number of nitrogens with one attached hydrogen (secondary N) is 1. The highest BCUT2D eigenvalue weighted by Gasteiger charge is 2.35. The number of ether oxygens (including phenoxy) is 3. The maximum atomic E-state index is 11.6. The second-order valence-electron chi connectivity index (χ2n) is 4.61. The van der Waals surface area contributed by atoms with Gasteiger partial charge < -0.3 is 19.5 Å². The molecule has 2 rings (SSSR count). The first-order valence-electron chi connectivity index (χ1n) is 6.32. The summed E-state index contributed by atoms with van der Waals surface area (Å²) < 4.78 is 15.8. The van der Waals surface area contributed by atoms with E-state index in [2.05, 4.69) is 5.32 Å². The van der Waals surface area contributed by atoms with E-state index in [-0.39, 0.29) is 6.61 Å². The summed E-state index contributed by atoms with van der Waals surface area (Å²) in [5.41, 5.74) is 0.550. The molecule has 104 valence electrons. The van der Waals surface area contributed by atoms with E-state index in [1.54, 1.807) is 7.11 Å². The van der Waals surface area contributed by atoms with Gasteiger partial charge >= 0.3 is 6.09 Å². The van der Waals surface area contributed by atoms with Gasteiger partial charge in [-0.25, -0.2) is 4.79 Å². The van der Waals surface area contributed by atoms with Crippen LogP contribution in [0.25, 0.3) is 0 Å². The van der Waals surface area contributed by atoms with Crippen molar-refractivity contribution in [2.24, 2.45) is 0 Å². The Morgan fingerprint density at radius 3 is 2.84 bits per heavy atom. The molecule has 1 aliphatic rings. The molecule has 0 saturated carbocycles. The van der Waals surface area contributed by atoms with E-state index in [1.807, 2.05) is 30.3 Å². The first kappa shape index (κ1) is 13.8. The maximum absolute atomic E-state index is 11.6. The highest BCUT2D eigenvalue weighted by atomic mass is 16.6. The zero-order valence-corrected chi connectivity index (χ0v) is 11.1. The van der Waals surface area contributed by atoms with E-state index in [4.69, 9.17) is 14.2 Å². The number of methoxy groups -OCH3 is 1. The highest BCUT2D eigenvalue weighted by Crippen LogP contribution is 2.21. The number of rotatable bonds is 5. The van der Waals surface area contributed by atoms with Crippen LogP contribution in [0.15, 0.2) is 30.3 Å². The maximum Gasteiger partial charge on any atom is 0.407 e. The minimum absolute atomic E-state index is 0.267. The summed E-state index contributed by atoms with van der Waals surface area (Å²) >= 11 is 0. The lowest BCUT2D eigenvalue weighted by atomic mass is 10.0. The molecular formula is C14H19NO4. The second kappa shape index (κ2) is 6.54. The minimum Gasteiger partial charge on any atom is -0.445 e. The molecule has 1 unspecified atom stereocenters. The van der Waals surface area contributed by atoms with Crippen molar-refractivity contribution in [2.75, 3.05) is 26.9 Å². The van der Waals surface area contributed by atoms with Gasteiger partial charge in [0.05, 0.1) is 13.2 Å². The zero-order valence-electron chi connectivity index (χ0n) is 11.1. The van der Waals surface area contributed by atoms with Crippen LogP contribution in [-0.4, -0.2) is 38.6 Å². The molecule has 1 N–H and O–H groups in total. The minimum atomic E-state index is -0.438. The van der Waals surface area contributed by atoms with Gasteiger partial charge in [-0.3, -0.25) is 0 Å². The van der Waals surface area contributed by atoms with Crippen molar-refractivity contribution in [3.63, 3.8) is 0 Å². The topological polar surface area (TPSA) is 56.8 Å². The second-order valence-corrected chi connectivity index (χ2v) is 4.61. The van der Waals surface area contributed by atoms with Crippen molar-refractivity contribution in [3.05, 3.63) is 35.9 Å². The molecule has 1 heterocycles. The van der Waals surface area contributed by atoms with E-state index in [9.17, 15) is 4.79 Å². The molecule has 1 aliphatic heterocycles. The molecule has 19 heavy (non-hydrogen) atoms. The fourth-order valence-electron chi connectivity index (χ4n) is 1.97. The third kappa shape index (κ3) is 3.94. The number of carbonyl (C=O) groups is 1. The molecule has 0 spiro atoms. The van der Waals surface area contributed by atoms with Crippen LogP contribution in [0.3, 0.4) is 0 Å². The quantitative estimate of drug-likeness (QED) is 0.880. The molecule has 0 aliphatic carbocycles. The van der Waals surface area contributed by atoms with Gasteiger partial charge in [0, 0.05) is 20.1 Å². The number of carbonyl (C=O) groups excluding carboxylic acids is 1. The lowest BCUT2D eigenvalue weighted by Crippen LogP contribution is -2.45. The number of benzene rings is 1. The average Bonchev–Trinajstić information content (AvgIpc) is 2.93. The molecule has 5 heteroatoms. The Hall–Kier alpha value is -1.59. The third-order valence-corrected chi connectivity index (χ3v) is 3.27. The fourth-order valence-corrected chi connectivity index (χ4v) is 1.97. The molecule has 1 atom stereocenters. The Labute approximate surface area is 112 Å². The Morgan fingerprint density at radius 1 is 1.42 bits per heavy atom. The molecule has 5 nitrogen and oxygen atoms in total. The van der Waals surface area contributed by atoms with Crippen molar-refractivity contribution in [1.29, 1.82) is 0 Å². The van der Waals surface area contributed by atoms with E-state index in [0.717, 1.165) is 12.0 Å². The zero-order chi connectivity index (χ0) is 13.6. The van der Waals surface area contributed by atoms with E-state index < -0.39 is 11.7 Å². The summed E-state index contributed by atoms with van der Waals surface area (Å²) in [4.78, 5) is 11.6. The van der Waals surface area contributed by atoms with Crippen LogP contribution < -0.4 is 5.32 Å². The number of amides is 1. The highest BCUT2D eigenvalue weighted by molar-refractivity contribution is 5.67. The van der Waals surface area contributed by atoms with Crippen molar-refractivity contribution in [1.82, 2.24) is 5.32 Å². The Morgan fingerprint density at radius 2 is 2.21 bits per heavy atom. The normalized spacial score (nSPS) is 22.2. The summed E-state index contributed by atoms with van der Waals surface area (Å²) in [5, 5.41) is 2.72. The van der Waals surface area contributed by atoms with E-state index in [0.29, 0.717) is 19.8 Å². The molecule has 0 bridgehead atoms. The van der Waals surface area contributed by atoms with Crippen molar-refractivity contribution >= 4 is 6.09 Å². The number of alkyl carbamates (subject to hydrolysis) is 1. The van der Waals surface area contributed by atoms with Crippen molar-refractivity contribution in [3.8, 4) is 0 Å².